The Hall–Kier alpha value is -2.14. The number of nitrogens with one attached hydrogen (secondary N) is 1. The van der Waals surface area contributed by atoms with Crippen molar-refractivity contribution in [2.24, 2.45) is 0 Å². The number of nitrogen functional groups attached to an aromatic ring is 1. The molecule has 1 atom stereocenters. The molecule has 1 fully saturated rings. The van der Waals surface area contributed by atoms with Crippen LogP contribution in [0.4, 0.5) is 11.6 Å². The fourth-order valence-corrected chi connectivity index (χ4v) is 2.32. The van der Waals surface area contributed by atoms with E-state index in [9.17, 15) is 0 Å². The van der Waals surface area contributed by atoms with Crippen LogP contribution >= 0.6 is 0 Å². The van der Waals surface area contributed by atoms with Gasteiger partial charge in [-0.05, 0) is 13.3 Å². The van der Waals surface area contributed by atoms with Gasteiger partial charge in [0, 0.05) is 18.2 Å². The second-order valence-corrected chi connectivity index (χ2v) is 5.36. The van der Waals surface area contributed by atoms with E-state index in [1.807, 2.05) is 30.3 Å². The smallest absolute Gasteiger partial charge is 0.163 e. The molecule has 2 aromatic rings. The summed E-state index contributed by atoms with van der Waals surface area (Å²) in [7, 11) is 0. The molecule has 1 aliphatic heterocycles. The van der Waals surface area contributed by atoms with Crippen LogP contribution in [0.15, 0.2) is 36.4 Å². The number of hydrogen-bond donors (Lipinski definition) is 2. The second-order valence-electron chi connectivity index (χ2n) is 5.36. The van der Waals surface area contributed by atoms with Crippen LogP contribution in [0.2, 0.25) is 0 Å². The molecule has 0 radical (unpaired) electrons. The van der Waals surface area contributed by atoms with Crippen molar-refractivity contribution in [3.63, 3.8) is 0 Å². The Labute approximate surface area is 118 Å². The van der Waals surface area contributed by atoms with Gasteiger partial charge in [0.15, 0.2) is 5.82 Å². The zero-order valence-corrected chi connectivity index (χ0v) is 11.5. The zero-order chi connectivity index (χ0) is 14.0. The van der Waals surface area contributed by atoms with Gasteiger partial charge in [0.1, 0.15) is 11.6 Å². The summed E-state index contributed by atoms with van der Waals surface area (Å²) in [5, 5.41) is 3.41. The molecule has 104 valence electrons. The highest BCUT2D eigenvalue weighted by atomic mass is 16.5. The first-order valence-corrected chi connectivity index (χ1v) is 6.71. The molecule has 0 spiro atoms. The Bertz CT molecular complexity index is 594. The van der Waals surface area contributed by atoms with Gasteiger partial charge in [0.25, 0.3) is 0 Å². The first kappa shape index (κ1) is 12.9. The minimum atomic E-state index is -0.0885. The third-order valence-corrected chi connectivity index (χ3v) is 3.43. The minimum Gasteiger partial charge on any atom is -0.384 e. The van der Waals surface area contributed by atoms with Gasteiger partial charge >= 0.3 is 0 Å². The summed E-state index contributed by atoms with van der Waals surface area (Å²) in [4.78, 5) is 8.85. The molecule has 3 N–H and O–H groups in total. The lowest BCUT2D eigenvalue weighted by atomic mass is 10.0. The van der Waals surface area contributed by atoms with E-state index in [0.717, 1.165) is 24.4 Å². The van der Waals surface area contributed by atoms with E-state index < -0.39 is 0 Å². The summed E-state index contributed by atoms with van der Waals surface area (Å²) >= 11 is 0. The van der Waals surface area contributed by atoms with Crippen molar-refractivity contribution in [1.82, 2.24) is 9.97 Å². The fraction of sp³-hybridized carbons (Fsp3) is 0.333. The maximum absolute atomic E-state index is 5.89. The van der Waals surface area contributed by atoms with Crippen LogP contribution < -0.4 is 11.1 Å². The van der Waals surface area contributed by atoms with Crippen LogP contribution in [0.5, 0.6) is 0 Å². The van der Waals surface area contributed by atoms with Gasteiger partial charge in [-0.3, -0.25) is 0 Å². The third kappa shape index (κ3) is 2.72. The van der Waals surface area contributed by atoms with E-state index >= 15 is 0 Å². The molecule has 1 aromatic heterocycles. The average molecular weight is 270 g/mol. The predicted molar refractivity (Wildman–Crippen MR) is 79.3 cm³/mol. The maximum atomic E-state index is 5.89. The van der Waals surface area contributed by atoms with Crippen LogP contribution in [0.3, 0.4) is 0 Å². The highest BCUT2D eigenvalue weighted by molar-refractivity contribution is 5.60. The normalized spacial score (nSPS) is 21.9. The van der Waals surface area contributed by atoms with Crippen LogP contribution in [0.1, 0.15) is 13.3 Å². The number of ether oxygens (including phenoxy) is 1. The Kier molecular flexibility index (Phi) is 3.28. The summed E-state index contributed by atoms with van der Waals surface area (Å²) in [5.41, 5.74) is 6.76. The Morgan fingerprint density at radius 1 is 1.25 bits per heavy atom. The Balaban J connectivity index is 1.91. The first-order chi connectivity index (χ1) is 9.65. The van der Waals surface area contributed by atoms with E-state index in [-0.39, 0.29) is 5.54 Å². The van der Waals surface area contributed by atoms with Gasteiger partial charge in [-0.1, -0.05) is 30.3 Å². The standard InChI is InChI=1S/C15H18N4O/c1-15(7-8-20-10-15)19-13-9-12(16)17-14(18-13)11-5-3-2-4-6-11/h2-6,9H,7-8,10H2,1H3,(H3,16,17,18,19). The summed E-state index contributed by atoms with van der Waals surface area (Å²) < 4.78 is 5.44. The molecule has 1 unspecified atom stereocenters. The molecule has 5 heteroatoms. The van der Waals surface area contributed by atoms with Crippen LogP contribution in [-0.4, -0.2) is 28.7 Å². The average Bonchev–Trinajstić information content (AvgIpc) is 2.85. The quantitative estimate of drug-likeness (QED) is 0.895. The number of nitrogens with two attached hydrogens (primary N) is 1. The molecule has 0 bridgehead atoms. The summed E-state index contributed by atoms with van der Waals surface area (Å²) in [6.45, 7) is 3.58. The fourth-order valence-electron chi connectivity index (χ4n) is 2.32. The molecule has 2 heterocycles. The zero-order valence-electron chi connectivity index (χ0n) is 11.5. The molecule has 1 aromatic carbocycles. The van der Waals surface area contributed by atoms with Crippen molar-refractivity contribution in [2.45, 2.75) is 18.9 Å². The monoisotopic (exact) mass is 270 g/mol. The molecule has 0 amide bonds. The summed E-state index contributed by atoms with van der Waals surface area (Å²) in [6, 6.07) is 11.6. The van der Waals surface area contributed by atoms with Crippen molar-refractivity contribution in [1.29, 1.82) is 0 Å². The number of anilines is 2. The number of aromatic nitrogens is 2. The number of benzene rings is 1. The van der Waals surface area contributed by atoms with Gasteiger partial charge in [0.05, 0.1) is 12.1 Å². The Morgan fingerprint density at radius 3 is 2.75 bits per heavy atom. The second kappa shape index (κ2) is 5.09. The van der Waals surface area contributed by atoms with Gasteiger partial charge < -0.3 is 15.8 Å². The van der Waals surface area contributed by atoms with Crippen molar-refractivity contribution < 1.29 is 4.74 Å². The minimum absolute atomic E-state index is 0.0885. The summed E-state index contributed by atoms with van der Waals surface area (Å²) in [5.74, 6) is 1.84. The van der Waals surface area contributed by atoms with E-state index in [1.54, 1.807) is 6.07 Å². The van der Waals surface area contributed by atoms with E-state index in [2.05, 4.69) is 22.2 Å². The third-order valence-electron chi connectivity index (χ3n) is 3.43. The molecular weight excluding hydrogens is 252 g/mol. The molecule has 5 nitrogen and oxygen atoms in total. The molecular formula is C15H18N4O. The molecule has 20 heavy (non-hydrogen) atoms. The van der Waals surface area contributed by atoms with Gasteiger partial charge in [-0.2, -0.15) is 0 Å². The number of hydrogen-bond acceptors (Lipinski definition) is 5. The summed E-state index contributed by atoms with van der Waals surface area (Å²) in [6.07, 6.45) is 0.956. The van der Waals surface area contributed by atoms with Gasteiger partial charge in [0.2, 0.25) is 0 Å². The van der Waals surface area contributed by atoms with Crippen molar-refractivity contribution in [3.05, 3.63) is 36.4 Å². The van der Waals surface area contributed by atoms with Gasteiger partial charge in [-0.15, -0.1) is 0 Å². The van der Waals surface area contributed by atoms with Crippen molar-refractivity contribution in [3.8, 4) is 11.4 Å². The molecule has 0 saturated carbocycles. The van der Waals surface area contributed by atoms with Crippen LogP contribution in [-0.2, 0) is 4.74 Å². The first-order valence-electron chi connectivity index (χ1n) is 6.71. The van der Waals surface area contributed by atoms with E-state index in [0.29, 0.717) is 18.2 Å². The molecule has 1 saturated heterocycles. The highest BCUT2D eigenvalue weighted by Crippen LogP contribution is 2.25. The topological polar surface area (TPSA) is 73.1 Å². The largest absolute Gasteiger partial charge is 0.384 e. The van der Waals surface area contributed by atoms with E-state index in [4.69, 9.17) is 10.5 Å². The van der Waals surface area contributed by atoms with Crippen molar-refractivity contribution >= 4 is 11.6 Å². The lowest BCUT2D eigenvalue weighted by molar-refractivity contribution is 0.185. The highest BCUT2D eigenvalue weighted by Gasteiger charge is 2.30. The maximum Gasteiger partial charge on any atom is 0.163 e. The SMILES string of the molecule is CC1(Nc2cc(N)nc(-c3ccccc3)n2)CCOC1. The Morgan fingerprint density at radius 2 is 2.05 bits per heavy atom. The predicted octanol–water partition coefficient (Wildman–Crippen LogP) is 2.32. The lowest BCUT2D eigenvalue weighted by Crippen LogP contribution is -2.35. The van der Waals surface area contributed by atoms with Gasteiger partial charge in [-0.25, -0.2) is 9.97 Å². The number of rotatable bonds is 3. The van der Waals surface area contributed by atoms with Crippen LogP contribution in [0, 0.1) is 0 Å². The van der Waals surface area contributed by atoms with E-state index in [1.165, 1.54) is 0 Å². The molecule has 3 rings (SSSR count). The number of nitrogens with zero attached hydrogens (tertiary/aromatic N) is 2. The lowest BCUT2D eigenvalue weighted by Gasteiger charge is -2.24. The molecule has 1 aliphatic rings. The van der Waals surface area contributed by atoms with Crippen molar-refractivity contribution in [2.75, 3.05) is 24.3 Å². The molecule has 0 aliphatic carbocycles. The van der Waals surface area contributed by atoms with Crippen LogP contribution in [0.25, 0.3) is 11.4 Å².